The molecule has 1 amide bonds. The largest absolute Gasteiger partial charge is 0.412 e. The fraction of sp³-hybridized carbons (Fsp3) is 0.857. The van der Waals surface area contributed by atoms with Gasteiger partial charge in [0.05, 0.1) is 0 Å². The molecule has 0 saturated heterocycles. The highest BCUT2D eigenvalue weighted by atomic mass is 19.4. The Balaban J connectivity index is 4.30. The van der Waals surface area contributed by atoms with Crippen LogP contribution in [0.5, 0.6) is 0 Å². The molecule has 0 radical (unpaired) electrons. The average molecular weight is 198 g/mol. The van der Waals surface area contributed by atoms with E-state index in [1.165, 1.54) is 0 Å². The van der Waals surface area contributed by atoms with Crippen molar-refractivity contribution in [2.45, 2.75) is 38.5 Å². The maximum atomic E-state index is 11.9. The van der Waals surface area contributed by atoms with Crippen molar-refractivity contribution < 1.29 is 18.0 Å². The fourth-order valence-electron chi connectivity index (χ4n) is 0.596. The first-order valence-electron chi connectivity index (χ1n) is 3.68. The standard InChI is InChI=1S/C7H13F3N2O/c1-6(2,3)12-5(13)4(11)7(8,9)10/h4H,11H2,1-3H3,(H,12,13). The van der Waals surface area contributed by atoms with E-state index in [0.29, 0.717) is 0 Å². The number of rotatable bonds is 1. The Hall–Kier alpha value is -0.780. The van der Waals surface area contributed by atoms with Gasteiger partial charge in [0.2, 0.25) is 5.91 Å². The SMILES string of the molecule is CC(C)(C)NC(=O)C(N)C(F)(F)F. The van der Waals surface area contributed by atoms with Crippen LogP contribution in [0.15, 0.2) is 0 Å². The molecule has 0 heterocycles. The van der Waals surface area contributed by atoms with Crippen molar-refractivity contribution in [1.82, 2.24) is 5.32 Å². The molecule has 78 valence electrons. The Morgan fingerprint density at radius 2 is 1.69 bits per heavy atom. The molecular formula is C7H13F3N2O. The molecule has 13 heavy (non-hydrogen) atoms. The van der Waals surface area contributed by atoms with Gasteiger partial charge in [-0.15, -0.1) is 0 Å². The molecule has 0 aromatic rings. The van der Waals surface area contributed by atoms with E-state index in [2.05, 4.69) is 11.1 Å². The average Bonchev–Trinajstić information content (AvgIpc) is 1.79. The lowest BCUT2D eigenvalue weighted by Gasteiger charge is -2.23. The number of hydrogen-bond acceptors (Lipinski definition) is 2. The van der Waals surface area contributed by atoms with Crippen LogP contribution in [0.25, 0.3) is 0 Å². The Kier molecular flexibility index (Phi) is 3.32. The van der Waals surface area contributed by atoms with Gasteiger partial charge in [0.25, 0.3) is 0 Å². The second-order valence-corrected chi connectivity index (χ2v) is 3.76. The Bertz CT molecular complexity index is 195. The van der Waals surface area contributed by atoms with Crippen molar-refractivity contribution in [2.75, 3.05) is 0 Å². The zero-order valence-electron chi connectivity index (χ0n) is 7.70. The lowest BCUT2D eigenvalue weighted by atomic mass is 10.1. The summed E-state index contributed by atoms with van der Waals surface area (Å²) in [5, 5.41) is 2.14. The van der Waals surface area contributed by atoms with E-state index >= 15 is 0 Å². The number of amides is 1. The molecule has 0 rings (SSSR count). The first-order chi connectivity index (χ1) is 5.54. The van der Waals surface area contributed by atoms with Gasteiger partial charge in [-0.05, 0) is 20.8 Å². The summed E-state index contributed by atoms with van der Waals surface area (Å²) < 4.78 is 35.7. The van der Waals surface area contributed by atoms with Gasteiger partial charge in [-0.3, -0.25) is 4.79 Å². The van der Waals surface area contributed by atoms with E-state index in [4.69, 9.17) is 0 Å². The summed E-state index contributed by atoms with van der Waals surface area (Å²) in [7, 11) is 0. The van der Waals surface area contributed by atoms with Crippen molar-refractivity contribution in [3.8, 4) is 0 Å². The van der Waals surface area contributed by atoms with Crippen molar-refractivity contribution in [3.63, 3.8) is 0 Å². The minimum absolute atomic E-state index is 0.708. The predicted molar refractivity (Wildman–Crippen MR) is 41.9 cm³/mol. The molecule has 3 nitrogen and oxygen atoms in total. The second kappa shape index (κ2) is 3.53. The summed E-state index contributed by atoms with van der Waals surface area (Å²) in [6.07, 6.45) is -4.69. The Morgan fingerprint density at radius 3 is 1.92 bits per heavy atom. The molecule has 6 heteroatoms. The monoisotopic (exact) mass is 198 g/mol. The van der Waals surface area contributed by atoms with Crippen LogP contribution in [0.4, 0.5) is 13.2 Å². The van der Waals surface area contributed by atoms with E-state index in [1.54, 1.807) is 20.8 Å². The fourth-order valence-corrected chi connectivity index (χ4v) is 0.596. The first-order valence-corrected chi connectivity index (χ1v) is 3.68. The molecule has 0 saturated carbocycles. The van der Waals surface area contributed by atoms with Gasteiger partial charge in [-0.25, -0.2) is 0 Å². The molecule has 0 aliphatic heterocycles. The zero-order valence-corrected chi connectivity index (χ0v) is 7.70. The summed E-state index contributed by atoms with van der Waals surface area (Å²) in [5.74, 6) is -1.21. The van der Waals surface area contributed by atoms with Crippen molar-refractivity contribution in [1.29, 1.82) is 0 Å². The summed E-state index contributed by atoms with van der Waals surface area (Å²) in [6, 6.07) is -2.45. The Labute approximate surface area is 74.5 Å². The smallest absolute Gasteiger partial charge is 0.350 e. The minimum Gasteiger partial charge on any atom is -0.350 e. The third-order valence-corrected chi connectivity index (χ3v) is 1.13. The van der Waals surface area contributed by atoms with E-state index in [-0.39, 0.29) is 0 Å². The third kappa shape index (κ3) is 4.72. The van der Waals surface area contributed by atoms with Crippen LogP contribution in [0, 0.1) is 0 Å². The predicted octanol–water partition coefficient (Wildman–Crippen LogP) is 0.791. The molecule has 1 unspecified atom stereocenters. The van der Waals surface area contributed by atoms with Crippen LogP contribution < -0.4 is 11.1 Å². The highest BCUT2D eigenvalue weighted by molar-refractivity contribution is 5.82. The van der Waals surface area contributed by atoms with E-state index in [0.717, 1.165) is 0 Å². The summed E-state index contributed by atoms with van der Waals surface area (Å²) >= 11 is 0. The molecule has 0 spiro atoms. The number of carbonyl (C=O) groups excluding carboxylic acids is 1. The number of carbonyl (C=O) groups is 1. The van der Waals surface area contributed by atoms with E-state index in [9.17, 15) is 18.0 Å². The number of nitrogens with two attached hydrogens (primary N) is 1. The number of alkyl halides is 3. The molecule has 0 bridgehead atoms. The molecule has 3 N–H and O–H groups in total. The van der Waals surface area contributed by atoms with Gasteiger partial charge in [-0.1, -0.05) is 0 Å². The van der Waals surface area contributed by atoms with Crippen LogP contribution in [0.1, 0.15) is 20.8 Å². The van der Waals surface area contributed by atoms with Gasteiger partial charge < -0.3 is 11.1 Å². The quantitative estimate of drug-likeness (QED) is 0.654. The molecular weight excluding hydrogens is 185 g/mol. The van der Waals surface area contributed by atoms with E-state index < -0.39 is 23.7 Å². The molecule has 0 aromatic heterocycles. The highest BCUT2D eigenvalue weighted by Gasteiger charge is 2.42. The minimum atomic E-state index is -4.69. The molecule has 1 atom stereocenters. The van der Waals surface area contributed by atoms with Crippen LogP contribution in [-0.4, -0.2) is 23.7 Å². The molecule has 0 fully saturated rings. The van der Waals surface area contributed by atoms with Crippen LogP contribution in [0.2, 0.25) is 0 Å². The zero-order chi connectivity index (χ0) is 10.9. The topological polar surface area (TPSA) is 55.1 Å². The van der Waals surface area contributed by atoms with Gasteiger partial charge in [0.1, 0.15) is 0 Å². The molecule has 0 aromatic carbocycles. The highest BCUT2D eigenvalue weighted by Crippen LogP contribution is 2.18. The number of halogens is 3. The summed E-state index contributed by atoms with van der Waals surface area (Å²) in [4.78, 5) is 10.8. The van der Waals surface area contributed by atoms with Crippen LogP contribution in [-0.2, 0) is 4.79 Å². The first kappa shape index (κ1) is 12.2. The van der Waals surface area contributed by atoms with Gasteiger partial charge >= 0.3 is 6.18 Å². The van der Waals surface area contributed by atoms with Gasteiger partial charge in [-0.2, -0.15) is 13.2 Å². The summed E-state index contributed by atoms with van der Waals surface area (Å²) in [6.45, 7) is 4.73. The summed E-state index contributed by atoms with van der Waals surface area (Å²) in [5.41, 5.74) is 3.96. The molecule has 0 aliphatic carbocycles. The third-order valence-electron chi connectivity index (χ3n) is 1.13. The number of nitrogens with one attached hydrogen (secondary N) is 1. The van der Waals surface area contributed by atoms with E-state index in [1.807, 2.05) is 0 Å². The van der Waals surface area contributed by atoms with Crippen LogP contribution in [0.3, 0.4) is 0 Å². The second-order valence-electron chi connectivity index (χ2n) is 3.76. The van der Waals surface area contributed by atoms with Crippen molar-refractivity contribution >= 4 is 5.91 Å². The molecule has 0 aliphatic rings. The number of hydrogen-bond donors (Lipinski definition) is 2. The maximum absolute atomic E-state index is 11.9. The lowest BCUT2D eigenvalue weighted by Crippen LogP contribution is -2.54. The van der Waals surface area contributed by atoms with Crippen molar-refractivity contribution in [2.24, 2.45) is 5.73 Å². The van der Waals surface area contributed by atoms with Gasteiger partial charge in [0, 0.05) is 5.54 Å². The Morgan fingerprint density at radius 1 is 1.31 bits per heavy atom. The maximum Gasteiger partial charge on any atom is 0.412 e. The van der Waals surface area contributed by atoms with Crippen LogP contribution >= 0.6 is 0 Å². The van der Waals surface area contributed by atoms with Gasteiger partial charge in [0.15, 0.2) is 6.04 Å². The van der Waals surface area contributed by atoms with Crippen molar-refractivity contribution in [3.05, 3.63) is 0 Å². The lowest BCUT2D eigenvalue weighted by molar-refractivity contribution is -0.163. The normalized spacial score (nSPS) is 15.3.